The molecule has 8 nitrogen and oxygen atoms in total. The first-order valence-corrected chi connectivity index (χ1v) is 9.69. The second kappa shape index (κ2) is 6.81. The SMILES string of the molecule is Cc1n[nH]c(C)c1-c1cncc(CC2CCN(S(=O)(=O)N(C)C)C2)n1. The molecule has 1 unspecified atom stereocenters. The van der Waals surface area contributed by atoms with Crippen molar-refractivity contribution in [3.05, 3.63) is 29.5 Å². The smallest absolute Gasteiger partial charge is 0.281 e. The fourth-order valence-corrected chi connectivity index (χ4v) is 4.45. The van der Waals surface area contributed by atoms with E-state index in [0.717, 1.165) is 41.2 Å². The van der Waals surface area contributed by atoms with Crippen LogP contribution in [-0.4, -0.2) is 64.4 Å². The number of hydrogen-bond donors (Lipinski definition) is 1. The number of H-pyrrole nitrogens is 1. The first kappa shape index (κ1) is 18.0. The third-order valence-corrected chi connectivity index (χ3v) is 6.51. The van der Waals surface area contributed by atoms with Gasteiger partial charge in [-0.1, -0.05) is 0 Å². The van der Waals surface area contributed by atoms with E-state index in [0.29, 0.717) is 13.1 Å². The van der Waals surface area contributed by atoms with Crippen molar-refractivity contribution in [1.82, 2.24) is 28.8 Å². The maximum atomic E-state index is 12.2. The van der Waals surface area contributed by atoms with Crippen molar-refractivity contribution in [3.63, 3.8) is 0 Å². The van der Waals surface area contributed by atoms with Crippen LogP contribution in [0.4, 0.5) is 0 Å². The number of aromatic amines is 1. The van der Waals surface area contributed by atoms with E-state index in [2.05, 4.69) is 15.2 Å². The minimum Gasteiger partial charge on any atom is -0.282 e. The van der Waals surface area contributed by atoms with Crippen LogP contribution < -0.4 is 0 Å². The lowest BCUT2D eigenvalue weighted by molar-refractivity contribution is 0.409. The molecule has 2 aromatic rings. The highest BCUT2D eigenvalue weighted by Crippen LogP contribution is 2.26. The highest BCUT2D eigenvalue weighted by atomic mass is 32.2. The number of hydrogen-bond acceptors (Lipinski definition) is 5. The van der Waals surface area contributed by atoms with Gasteiger partial charge in [-0.15, -0.1) is 0 Å². The lowest BCUT2D eigenvalue weighted by Crippen LogP contribution is -2.38. The second-order valence-electron chi connectivity index (χ2n) is 6.71. The Bertz CT molecular complexity index is 842. The lowest BCUT2D eigenvalue weighted by Gasteiger charge is -2.20. The van der Waals surface area contributed by atoms with Crippen molar-refractivity contribution in [1.29, 1.82) is 0 Å². The fraction of sp³-hybridized carbons (Fsp3) is 0.562. The van der Waals surface area contributed by atoms with Gasteiger partial charge in [-0.05, 0) is 32.6 Å². The Hall–Kier alpha value is -1.84. The van der Waals surface area contributed by atoms with Gasteiger partial charge in [0.25, 0.3) is 10.2 Å². The molecule has 25 heavy (non-hydrogen) atoms. The molecular formula is C16H24N6O2S. The van der Waals surface area contributed by atoms with Gasteiger partial charge >= 0.3 is 0 Å². The third-order valence-electron chi connectivity index (χ3n) is 4.60. The summed E-state index contributed by atoms with van der Waals surface area (Å²) in [7, 11) is -0.213. The quantitative estimate of drug-likeness (QED) is 0.859. The lowest BCUT2D eigenvalue weighted by atomic mass is 10.0. The number of aryl methyl sites for hydroxylation is 2. The second-order valence-corrected chi connectivity index (χ2v) is 8.85. The van der Waals surface area contributed by atoms with Crippen molar-refractivity contribution >= 4 is 10.2 Å². The van der Waals surface area contributed by atoms with Crippen LogP contribution in [0, 0.1) is 19.8 Å². The topological polar surface area (TPSA) is 95.1 Å². The highest BCUT2D eigenvalue weighted by molar-refractivity contribution is 7.86. The normalized spacial score (nSPS) is 19.0. The van der Waals surface area contributed by atoms with E-state index < -0.39 is 10.2 Å². The van der Waals surface area contributed by atoms with Gasteiger partial charge in [0, 0.05) is 44.6 Å². The molecule has 0 radical (unpaired) electrons. The molecule has 3 heterocycles. The van der Waals surface area contributed by atoms with Gasteiger partial charge in [-0.3, -0.25) is 10.1 Å². The van der Waals surface area contributed by atoms with E-state index in [4.69, 9.17) is 4.98 Å². The molecule has 0 aromatic carbocycles. The van der Waals surface area contributed by atoms with Gasteiger partial charge in [-0.2, -0.15) is 22.1 Å². The third kappa shape index (κ3) is 3.58. The largest absolute Gasteiger partial charge is 0.282 e. The van der Waals surface area contributed by atoms with Crippen LogP contribution in [-0.2, 0) is 16.6 Å². The molecule has 136 valence electrons. The molecule has 1 aliphatic heterocycles. The van der Waals surface area contributed by atoms with Gasteiger partial charge in [0.2, 0.25) is 0 Å². The summed E-state index contributed by atoms with van der Waals surface area (Å²) in [5, 5.41) is 7.17. The fourth-order valence-electron chi connectivity index (χ4n) is 3.25. The standard InChI is InChI=1S/C16H24N6O2S/c1-11-16(12(2)20-19-11)15-9-17-8-14(18-15)7-13-5-6-22(10-13)25(23,24)21(3)4/h8-9,13H,5-7,10H2,1-4H3,(H,19,20). The highest BCUT2D eigenvalue weighted by Gasteiger charge is 2.32. The summed E-state index contributed by atoms with van der Waals surface area (Å²) in [6.07, 6.45) is 5.06. The van der Waals surface area contributed by atoms with Crippen molar-refractivity contribution in [2.45, 2.75) is 26.7 Å². The van der Waals surface area contributed by atoms with E-state index >= 15 is 0 Å². The van der Waals surface area contributed by atoms with Gasteiger partial charge in [-0.25, -0.2) is 4.98 Å². The molecule has 1 fully saturated rings. The van der Waals surface area contributed by atoms with Crippen LogP contribution in [0.15, 0.2) is 12.4 Å². The Morgan fingerprint density at radius 3 is 2.72 bits per heavy atom. The minimum atomic E-state index is -3.34. The number of rotatable bonds is 5. The Kier molecular flexibility index (Phi) is 4.90. The molecule has 3 rings (SSSR count). The maximum absolute atomic E-state index is 12.2. The zero-order valence-electron chi connectivity index (χ0n) is 15.0. The van der Waals surface area contributed by atoms with Crippen molar-refractivity contribution in [2.75, 3.05) is 27.2 Å². The van der Waals surface area contributed by atoms with E-state index in [1.54, 1.807) is 30.8 Å². The summed E-state index contributed by atoms with van der Waals surface area (Å²) in [4.78, 5) is 9.04. The first-order valence-electron chi connectivity index (χ1n) is 8.29. The van der Waals surface area contributed by atoms with Crippen LogP contribution >= 0.6 is 0 Å². The minimum absolute atomic E-state index is 0.255. The van der Waals surface area contributed by atoms with Crippen LogP contribution in [0.25, 0.3) is 11.3 Å². The summed E-state index contributed by atoms with van der Waals surface area (Å²) in [6.45, 7) is 4.98. The average Bonchev–Trinajstić information content (AvgIpc) is 3.15. The Morgan fingerprint density at radius 1 is 1.32 bits per heavy atom. The molecule has 2 aromatic heterocycles. The maximum Gasteiger partial charge on any atom is 0.281 e. The molecule has 1 N–H and O–H groups in total. The molecule has 0 bridgehead atoms. The predicted molar refractivity (Wildman–Crippen MR) is 95.1 cm³/mol. The Morgan fingerprint density at radius 2 is 2.08 bits per heavy atom. The predicted octanol–water partition coefficient (Wildman–Crippen LogP) is 1.15. The van der Waals surface area contributed by atoms with Crippen LogP contribution in [0.1, 0.15) is 23.5 Å². The Balaban J connectivity index is 1.74. The van der Waals surface area contributed by atoms with Gasteiger partial charge in [0.15, 0.2) is 0 Å². The van der Waals surface area contributed by atoms with Gasteiger partial charge in [0.1, 0.15) is 0 Å². The summed E-state index contributed by atoms with van der Waals surface area (Å²) in [6, 6.07) is 0. The van der Waals surface area contributed by atoms with Crippen LogP contribution in [0.3, 0.4) is 0 Å². The van der Waals surface area contributed by atoms with E-state index in [1.165, 1.54) is 4.31 Å². The summed E-state index contributed by atoms with van der Waals surface area (Å²) >= 11 is 0. The Labute approximate surface area is 148 Å². The molecule has 0 spiro atoms. The number of aromatic nitrogens is 4. The summed E-state index contributed by atoms with van der Waals surface area (Å²) in [5.41, 5.74) is 4.53. The summed E-state index contributed by atoms with van der Waals surface area (Å²) < 4.78 is 27.3. The average molecular weight is 364 g/mol. The van der Waals surface area contributed by atoms with Crippen molar-refractivity contribution < 1.29 is 8.42 Å². The van der Waals surface area contributed by atoms with Crippen LogP contribution in [0.5, 0.6) is 0 Å². The van der Waals surface area contributed by atoms with E-state index in [9.17, 15) is 8.42 Å². The molecule has 1 aliphatic rings. The zero-order valence-corrected chi connectivity index (χ0v) is 15.8. The molecule has 0 amide bonds. The van der Waals surface area contributed by atoms with E-state index in [1.807, 2.05) is 13.8 Å². The molecule has 1 atom stereocenters. The molecule has 0 saturated carbocycles. The van der Waals surface area contributed by atoms with Gasteiger partial charge < -0.3 is 0 Å². The van der Waals surface area contributed by atoms with Crippen molar-refractivity contribution in [2.24, 2.45) is 5.92 Å². The molecule has 9 heteroatoms. The van der Waals surface area contributed by atoms with Crippen molar-refractivity contribution in [3.8, 4) is 11.3 Å². The molecule has 1 saturated heterocycles. The number of nitrogens with one attached hydrogen (secondary N) is 1. The van der Waals surface area contributed by atoms with Gasteiger partial charge in [0.05, 0.1) is 23.3 Å². The first-order chi connectivity index (χ1) is 11.8. The zero-order chi connectivity index (χ0) is 18.2. The van der Waals surface area contributed by atoms with Crippen LogP contribution in [0.2, 0.25) is 0 Å². The summed E-state index contributed by atoms with van der Waals surface area (Å²) in [5.74, 6) is 0.255. The monoisotopic (exact) mass is 364 g/mol. The molecular weight excluding hydrogens is 340 g/mol. The van der Waals surface area contributed by atoms with E-state index in [-0.39, 0.29) is 5.92 Å². The molecule has 0 aliphatic carbocycles. The number of nitrogens with zero attached hydrogens (tertiary/aromatic N) is 5.